The third kappa shape index (κ3) is 7.42. The van der Waals surface area contributed by atoms with Crippen molar-refractivity contribution in [3.63, 3.8) is 0 Å². The number of sulfonamides is 1. The summed E-state index contributed by atoms with van der Waals surface area (Å²) < 4.78 is 30.2. The number of aromatic nitrogens is 3. The first-order valence-electron chi connectivity index (χ1n) is 16.3. The van der Waals surface area contributed by atoms with Gasteiger partial charge in [0.2, 0.25) is 15.8 Å². The summed E-state index contributed by atoms with van der Waals surface area (Å²) in [7, 11) is -3.49. The Bertz CT molecular complexity index is 1500. The zero-order valence-electron chi connectivity index (χ0n) is 28.2. The highest BCUT2D eigenvalue weighted by Gasteiger charge is 2.38. The van der Waals surface area contributed by atoms with Gasteiger partial charge >= 0.3 is 0 Å². The van der Waals surface area contributed by atoms with Gasteiger partial charge in [-0.15, -0.1) is 10.2 Å². The van der Waals surface area contributed by atoms with Crippen LogP contribution in [-0.4, -0.2) is 64.3 Å². The zero-order chi connectivity index (χ0) is 32.4. The Morgan fingerprint density at radius 1 is 1.14 bits per heavy atom. The number of aliphatic imine (C=N–C) groups is 1. The lowest BCUT2D eigenvalue weighted by Gasteiger charge is -2.47. The van der Waals surface area contributed by atoms with Crippen LogP contribution in [0.1, 0.15) is 135 Å². The number of aliphatic hydroxyl groups excluding tert-OH is 1. The van der Waals surface area contributed by atoms with Crippen LogP contribution in [0.2, 0.25) is 0 Å². The van der Waals surface area contributed by atoms with Crippen LogP contribution in [0, 0.1) is 12.3 Å². The van der Waals surface area contributed by atoms with Crippen molar-refractivity contribution in [2.24, 2.45) is 15.5 Å². The molecule has 1 aromatic heterocycles. The molecule has 44 heavy (non-hydrogen) atoms. The molecule has 2 aromatic rings. The van der Waals surface area contributed by atoms with Crippen LogP contribution in [0.3, 0.4) is 0 Å². The van der Waals surface area contributed by atoms with E-state index in [0.29, 0.717) is 36.2 Å². The summed E-state index contributed by atoms with van der Waals surface area (Å²) in [6.45, 7) is 19.7. The Balaban J connectivity index is 1.65. The predicted molar refractivity (Wildman–Crippen MR) is 180 cm³/mol. The minimum Gasteiger partial charge on any atom is -0.395 e. The summed E-state index contributed by atoms with van der Waals surface area (Å²) in [4.78, 5) is 7.48. The third-order valence-corrected chi connectivity index (χ3v) is 10.3. The highest BCUT2D eigenvalue weighted by atomic mass is 32.2. The Hall–Kier alpha value is -2.63. The second-order valence-corrected chi connectivity index (χ2v) is 16.1. The second kappa shape index (κ2) is 13.4. The van der Waals surface area contributed by atoms with Crippen molar-refractivity contribution in [3.05, 3.63) is 34.9 Å². The van der Waals surface area contributed by atoms with Gasteiger partial charge in [0.1, 0.15) is 5.71 Å². The molecule has 0 aliphatic carbocycles. The maximum atomic E-state index is 12.9. The van der Waals surface area contributed by atoms with Crippen molar-refractivity contribution < 1.29 is 13.5 Å². The standard InChI is InChI=1S/C33H53N7O3S/c1-10-11-12-13-14-15-18-44(42,43)38-24(4)30-35-36-31-28(29(32(5,6)7)37-40(30)31)34-26-20-25-23(3)21-33(8,9)39(16-17-41)27(25)19-22(26)2/h19-20,23-24,38,41H,10-18,21H2,1-9H3. The molecule has 10 nitrogen and oxygen atoms in total. The molecule has 11 heteroatoms. The molecule has 0 radical (unpaired) electrons. The van der Waals surface area contributed by atoms with E-state index in [-0.39, 0.29) is 23.3 Å². The summed E-state index contributed by atoms with van der Waals surface area (Å²) in [6.07, 6.45) is 7.08. The number of hydrogen-bond donors (Lipinski definition) is 2. The minimum absolute atomic E-state index is 0.0633. The van der Waals surface area contributed by atoms with Gasteiger partial charge < -0.3 is 10.0 Å². The van der Waals surface area contributed by atoms with Crippen LogP contribution in [0.25, 0.3) is 0 Å². The molecule has 2 N–H and O–H groups in total. The minimum atomic E-state index is -3.49. The average molecular weight is 628 g/mol. The van der Waals surface area contributed by atoms with Crippen molar-refractivity contribution >= 4 is 32.8 Å². The molecule has 0 fully saturated rings. The first-order chi connectivity index (χ1) is 20.6. The van der Waals surface area contributed by atoms with Crippen LogP contribution in [0.4, 0.5) is 11.4 Å². The van der Waals surface area contributed by atoms with E-state index < -0.39 is 16.1 Å². The number of anilines is 1. The number of nitrogens with zero attached hydrogens (tertiary/aromatic N) is 6. The number of unbranched alkanes of at least 4 members (excludes halogenated alkanes) is 5. The molecule has 4 rings (SSSR count). The molecule has 0 saturated carbocycles. The number of aryl methyl sites for hydroxylation is 1. The van der Waals surface area contributed by atoms with Crippen molar-refractivity contribution in [1.82, 2.24) is 19.6 Å². The van der Waals surface area contributed by atoms with Gasteiger partial charge in [-0.05, 0) is 69.7 Å². The molecule has 3 heterocycles. The fraction of sp³-hybridized carbons (Fsp3) is 0.697. The SMILES string of the molecule is CCCCCCCCS(=O)(=O)NC(C)c1nnc2n1N=C(C(C)(C)C)C2=Nc1cc2c(cc1C)N(CCO)C(C)(C)CC2C. The van der Waals surface area contributed by atoms with E-state index in [9.17, 15) is 13.5 Å². The topological polar surface area (TPSA) is 125 Å². The number of β-amino-alcohol motifs (C(OH)–C–C–N with tert-alkyl or cyclic N) is 1. The summed E-state index contributed by atoms with van der Waals surface area (Å²) in [5.41, 5.74) is 5.25. The smallest absolute Gasteiger partial charge is 0.212 e. The lowest BCUT2D eigenvalue weighted by atomic mass is 9.79. The molecular weight excluding hydrogens is 574 g/mol. The quantitative estimate of drug-likeness (QED) is 0.248. The summed E-state index contributed by atoms with van der Waals surface area (Å²) >= 11 is 0. The number of benzene rings is 1. The first-order valence-corrected chi connectivity index (χ1v) is 17.9. The number of fused-ring (bicyclic) bond motifs is 2. The average Bonchev–Trinajstić information content (AvgIpc) is 3.49. The van der Waals surface area contributed by atoms with E-state index in [4.69, 9.17) is 10.1 Å². The van der Waals surface area contributed by atoms with Crippen LogP contribution in [0.15, 0.2) is 22.2 Å². The molecule has 0 amide bonds. The van der Waals surface area contributed by atoms with Crippen molar-refractivity contribution in [2.45, 2.75) is 125 Å². The third-order valence-electron chi connectivity index (χ3n) is 8.78. The molecular formula is C33H53N7O3S. The van der Waals surface area contributed by atoms with E-state index in [1.807, 2.05) is 0 Å². The summed E-state index contributed by atoms with van der Waals surface area (Å²) in [6, 6.07) is 3.75. The number of rotatable bonds is 13. The van der Waals surface area contributed by atoms with Crippen LogP contribution < -0.4 is 9.62 Å². The molecule has 0 spiro atoms. The van der Waals surface area contributed by atoms with Crippen molar-refractivity contribution in [2.75, 3.05) is 23.8 Å². The first kappa shape index (κ1) is 34.2. The molecule has 1 aromatic carbocycles. The Labute approximate surface area is 264 Å². The van der Waals surface area contributed by atoms with Gasteiger partial charge in [-0.2, -0.15) is 9.78 Å². The Morgan fingerprint density at radius 2 is 1.82 bits per heavy atom. The summed E-state index contributed by atoms with van der Waals surface area (Å²) in [5, 5.41) is 23.6. The van der Waals surface area contributed by atoms with E-state index in [2.05, 4.69) is 87.3 Å². The molecule has 2 unspecified atom stereocenters. The van der Waals surface area contributed by atoms with Gasteiger partial charge in [0, 0.05) is 23.2 Å². The van der Waals surface area contributed by atoms with Gasteiger partial charge in [-0.25, -0.2) is 18.1 Å². The van der Waals surface area contributed by atoms with Crippen molar-refractivity contribution in [3.8, 4) is 0 Å². The molecule has 0 bridgehead atoms. The monoisotopic (exact) mass is 627 g/mol. The largest absolute Gasteiger partial charge is 0.395 e. The highest BCUT2D eigenvalue weighted by molar-refractivity contribution is 7.89. The van der Waals surface area contributed by atoms with Gasteiger partial charge in [0.15, 0.2) is 5.82 Å². The molecule has 2 aliphatic heterocycles. The highest BCUT2D eigenvalue weighted by Crippen LogP contribution is 2.45. The number of aliphatic hydroxyl groups is 1. The lowest BCUT2D eigenvalue weighted by molar-refractivity contribution is 0.277. The Morgan fingerprint density at radius 3 is 2.48 bits per heavy atom. The number of nitrogens with one attached hydrogen (secondary N) is 1. The fourth-order valence-electron chi connectivity index (χ4n) is 6.51. The predicted octanol–water partition coefficient (Wildman–Crippen LogP) is 6.40. The van der Waals surface area contributed by atoms with Gasteiger partial charge in [0.05, 0.1) is 29.8 Å². The van der Waals surface area contributed by atoms with Crippen LogP contribution in [-0.2, 0) is 10.0 Å². The van der Waals surface area contributed by atoms with Crippen molar-refractivity contribution in [1.29, 1.82) is 0 Å². The van der Waals surface area contributed by atoms with E-state index in [1.54, 1.807) is 11.6 Å². The maximum absolute atomic E-state index is 12.9. The van der Waals surface area contributed by atoms with Gasteiger partial charge in [-0.1, -0.05) is 66.7 Å². The maximum Gasteiger partial charge on any atom is 0.212 e. The van der Waals surface area contributed by atoms with E-state index in [1.165, 1.54) is 18.4 Å². The summed E-state index contributed by atoms with van der Waals surface area (Å²) in [5.74, 6) is 1.38. The molecule has 0 saturated heterocycles. The van der Waals surface area contributed by atoms with E-state index >= 15 is 0 Å². The number of hydrogen-bond acceptors (Lipinski definition) is 8. The second-order valence-electron chi connectivity index (χ2n) is 14.3. The lowest BCUT2D eigenvalue weighted by Crippen LogP contribution is -2.49. The van der Waals surface area contributed by atoms with E-state index in [0.717, 1.165) is 48.3 Å². The molecule has 2 atom stereocenters. The zero-order valence-corrected chi connectivity index (χ0v) is 29.1. The molecule has 2 aliphatic rings. The van der Waals surface area contributed by atoms with Crippen LogP contribution >= 0.6 is 0 Å². The fourth-order valence-corrected chi connectivity index (χ4v) is 7.85. The van der Waals surface area contributed by atoms with Gasteiger partial charge in [-0.3, -0.25) is 0 Å². The normalized spacial score (nSPS) is 19.7. The van der Waals surface area contributed by atoms with Crippen LogP contribution in [0.5, 0.6) is 0 Å². The molecule has 244 valence electrons. The Kier molecular flexibility index (Phi) is 10.4. The van der Waals surface area contributed by atoms with Gasteiger partial charge in [0.25, 0.3) is 0 Å².